The van der Waals surface area contributed by atoms with E-state index in [4.69, 9.17) is 9.47 Å². The number of rotatable bonds is 10. The molecule has 0 amide bonds. The fourth-order valence-electron chi connectivity index (χ4n) is 3.89. The number of ether oxygens (including phenoxy) is 2. The molecule has 1 atom stereocenters. The molecular formula is C22H22FN5O7S. The second-order valence-electron chi connectivity index (χ2n) is 7.68. The summed E-state index contributed by atoms with van der Waals surface area (Å²) in [6.45, 7) is 0.0754. The summed E-state index contributed by atoms with van der Waals surface area (Å²) in [6, 6.07) is 3.80. The van der Waals surface area contributed by atoms with Gasteiger partial charge in [-0.05, 0) is 25.1 Å². The van der Waals surface area contributed by atoms with Crippen LogP contribution in [-0.2, 0) is 22.6 Å². The van der Waals surface area contributed by atoms with Gasteiger partial charge < -0.3 is 19.7 Å². The van der Waals surface area contributed by atoms with Gasteiger partial charge in [-0.2, -0.15) is 10.2 Å². The topological polar surface area (TPSA) is 151 Å². The Morgan fingerprint density at radius 3 is 2.58 bits per heavy atom. The smallest absolute Gasteiger partial charge is 0.332 e. The van der Waals surface area contributed by atoms with Gasteiger partial charge in [-0.3, -0.25) is 14.2 Å². The van der Waals surface area contributed by atoms with E-state index >= 15 is 0 Å². The number of carboxylic acid groups (broad SMARTS) is 1. The van der Waals surface area contributed by atoms with E-state index in [0.717, 1.165) is 11.3 Å². The van der Waals surface area contributed by atoms with Gasteiger partial charge in [0.25, 0.3) is 5.56 Å². The first-order valence-electron chi connectivity index (χ1n) is 10.7. The molecule has 0 bridgehead atoms. The fourth-order valence-corrected chi connectivity index (χ4v) is 5.11. The molecule has 12 nitrogen and oxygen atoms in total. The van der Waals surface area contributed by atoms with Crippen molar-refractivity contribution in [2.45, 2.75) is 26.1 Å². The molecule has 0 aliphatic carbocycles. The lowest BCUT2D eigenvalue weighted by Crippen LogP contribution is -2.42. The fraction of sp³-hybridized carbons (Fsp3) is 0.318. The number of methoxy groups -OCH3 is 1. The van der Waals surface area contributed by atoms with Gasteiger partial charge in [-0.1, -0.05) is 11.3 Å². The Morgan fingerprint density at radius 2 is 1.94 bits per heavy atom. The zero-order valence-electron chi connectivity index (χ0n) is 19.3. The average Bonchev–Trinajstić information content (AvgIpc) is 3.49. The summed E-state index contributed by atoms with van der Waals surface area (Å²) in [6.07, 6.45) is 1.91. The highest BCUT2D eigenvalue weighted by Gasteiger charge is 2.26. The number of hydrogen-bond acceptors (Lipinski definition) is 9. The number of aliphatic carboxylic acids is 1. The summed E-state index contributed by atoms with van der Waals surface area (Å²) >= 11 is 1.07. The highest BCUT2D eigenvalue weighted by atomic mass is 32.1. The second-order valence-corrected chi connectivity index (χ2v) is 8.66. The molecular weight excluding hydrogens is 497 g/mol. The van der Waals surface area contributed by atoms with Crippen LogP contribution in [-0.4, -0.2) is 60.6 Å². The Balaban J connectivity index is 1.98. The summed E-state index contributed by atoms with van der Waals surface area (Å²) in [4.78, 5) is 39.7. The van der Waals surface area contributed by atoms with E-state index in [9.17, 15) is 29.0 Å². The molecule has 2 N–H and O–H groups in total. The molecule has 0 spiro atoms. The SMILES string of the molecule is COc1ccc(F)cc1[C@H](Cn1c(=O)n(CC(=O)O)c(=O)c2c(C)c(-n3nccn3)sc21)OCCO. The summed E-state index contributed by atoms with van der Waals surface area (Å²) in [5, 5.41) is 27.4. The lowest BCUT2D eigenvalue weighted by Gasteiger charge is -2.22. The number of hydrogen-bond donors (Lipinski definition) is 2. The summed E-state index contributed by atoms with van der Waals surface area (Å²) in [5.41, 5.74) is -0.925. The lowest BCUT2D eigenvalue weighted by molar-refractivity contribution is -0.137. The van der Waals surface area contributed by atoms with Crippen molar-refractivity contribution in [1.29, 1.82) is 0 Å². The van der Waals surface area contributed by atoms with Crippen LogP contribution in [0.3, 0.4) is 0 Å². The van der Waals surface area contributed by atoms with Crippen molar-refractivity contribution in [3.05, 3.63) is 68.4 Å². The molecule has 14 heteroatoms. The Morgan fingerprint density at radius 1 is 1.22 bits per heavy atom. The molecule has 0 radical (unpaired) electrons. The van der Waals surface area contributed by atoms with Crippen molar-refractivity contribution in [3.63, 3.8) is 0 Å². The minimum absolute atomic E-state index is 0.125. The van der Waals surface area contributed by atoms with Crippen LogP contribution in [0.5, 0.6) is 5.75 Å². The van der Waals surface area contributed by atoms with Gasteiger partial charge in [-0.25, -0.2) is 13.8 Å². The van der Waals surface area contributed by atoms with E-state index in [2.05, 4.69) is 10.2 Å². The van der Waals surface area contributed by atoms with Crippen LogP contribution in [0.1, 0.15) is 17.2 Å². The van der Waals surface area contributed by atoms with Crippen LogP contribution in [0.2, 0.25) is 0 Å². The number of carboxylic acids is 1. The first-order chi connectivity index (χ1) is 17.3. The van der Waals surface area contributed by atoms with Crippen molar-refractivity contribution in [2.75, 3.05) is 20.3 Å². The first kappa shape index (κ1) is 25.2. The Bertz CT molecular complexity index is 1530. The molecule has 3 heterocycles. The molecule has 0 aliphatic heterocycles. The van der Waals surface area contributed by atoms with E-state index in [1.165, 1.54) is 47.1 Å². The van der Waals surface area contributed by atoms with Crippen molar-refractivity contribution in [1.82, 2.24) is 24.1 Å². The molecule has 36 heavy (non-hydrogen) atoms. The standard InChI is InChI=1S/C22H22FN5O7S/c1-12-18-19(32)26(11-17(30)31)22(33)27(21(18)36-20(12)28-24-5-6-25-28)10-16(35-8-7-29)14-9-13(23)3-4-15(14)34-2/h3-6,9,16,29H,7-8,10-11H2,1-2H3,(H,30,31)/t16-/m0/s1. The van der Waals surface area contributed by atoms with Crippen LogP contribution < -0.4 is 16.0 Å². The normalized spacial score (nSPS) is 12.2. The maximum atomic E-state index is 14.2. The van der Waals surface area contributed by atoms with Crippen LogP contribution in [0, 0.1) is 12.7 Å². The quantitative estimate of drug-likeness (QED) is 0.314. The number of benzene rings is 1. The summed E-state index contributed by atoms with van der Waals surface area (Å²) in [7, 11) is 1.39. The monoisotopic (exact) mass is 519 g/mol. The Kier molecular flexibility index (Phi) is 7.28. The van der Waals surface area contributed by atoms with E-state index in [1.54, 1.807) is 6.92 Å². The van der Waals surface area contributed by atoms with Gasteiger partial charge in [0.15, 0.2) is 0 Å². The van der Waals surface area contributed by atoms with E-state index in [1.807, 2.05) is 0 Å². The summed E-state index contributed by atoms with van der Waals surface area (Å²) < 4.78 is 27.1. The predicted molar refractivity (Wildman–Crippen MR) is 126 cm³/mol. The van der Waals surface area contributed by atoms with Crippen LogP contribution in [0.15, 0.2) is 40.2 Å². The van der Waals surface area contributed by atoms with Gasteiger partial charge in [-0.15, -0.1) is 4.80 Å². The molecule has 0 saturated carbocycles. The Hall–Kier alpha value is -3.88. The van der Waals surface area contributed by atoms with Crippen LogP contribution >= 0.6 is 11.3 Å². The second kappa shape index (κ2) is 10.4. The number of halogens is 1. The first-order valence-corrected chi connectivity index (χ1v) is 11.5. The third-order valence-corrected chi connectivity index (χ3v) is 6.74. The van der Waals surface area contributed by atoms with Crippen molar-refractivity contribution in [3.8, 4) is 10.8 Å². The minimum Gasteiger partial charge on any atom is -0.496 e. The van der Waals surface area contributed by atoms with Gasteiger partial charge in [0, 0.05) is 11.1 Å². The minimum atomic E-state index is -1.37. The maximum absolute atomic E-state index is 14.2. The van der Waals surface area contributed by atoms with Gasteiger partial charge in [0.05, 0.1) is 44.6 Å². The number of fused-ring (bicyclic) bond motifs is 1. The van der Waals surface area contributed by atoms with Gasteiger partial charge in [0.2, 0.25) is 0 Å². The molecule has 4 rings (SSSR count). The number of carbonyl (C=O) groups is 1. The third kappa shape index (κ3) is 4.65. The average molecular weight is 520 g/mol. The Labute approximate surface area is 206 Å². The van der Waals surface area contributed by atoms with Crippen molar-refractivity contribution >= 4 is 27.5 Å². The third-order valence-electron chi connectivity index (χ3n) is 5.46. The molecule has 3 aromatic heterocycles. The largest absolute Gasteiger partial charge is 0.496 e. The van der Waals surface area contributed by atoms with Crippen molar-refractivity contribution in [2.24, 2.45) is 0 Å². The van der Waals surface area contributed by atoms with E-state index in [-0.39, 0.29) is 41.3 Å². The zero-order valence-corrected chi connectivity index (χ0v) is 20.1. The highest BCUT2D eigenvalue weighted by molar-refractivity contribution is 7.21. The highest BCUT2D eigenvalue weighted by Crippen LogP contribution is 2.33. The summed E-state index contributed by atoms with van der Waals surface area (Å²) in [5.74, 6) is -1.66. The lowest BCUT2D eigenvalue weighted by atomic mass is 10.1. The molecule has 0 saturated heterocycles. The number of aliphatic hydroxyl groups is 1. The number of aliphatic hydroxyl groups excluding tert-OH is 1. The molecule has 0 fully saturated rings. The molecule has 1 aromatic carbocycles. The number of aromatic nitrogens is 5. The van der Waals surface area contributed by atoms with Crippen molar-refractivity contribution < 1.29 is 28.9 Å². The zero-order chi connectivity index (χ0) is 26.0. The molecule has 190 valence electrons. The number of nitrogens with zero attached hydrogens (tertiary/aromatic N) is 5. The van der Waals surface area contributed by atoms with Gasteiger partial charge in [0.1, 0.15) is 34.0 Å². The predicted octanol–water partition coefficient (Wildman–Crippen LogP) is 1.10. The molecule has 0 aliphatic rings. The number of aryl methyl sites for hydroxylation is 1. The van der Waals surface area contributed by atoms with Gasteiger partial charge >= 0.3 is 11.7 Å². The number of thiophene rings is 1. The van der Waals surface area contributed by atoms with Crippen LogP contribution in [0.25, 0.3) is 15.2 Å². The van der Waals surface area contributed by atoms with Crippen LogP contribution in [0.4, 0.5) is 4.39 Å². The molecule has 0 unspecified atom stereocenters. The maximum Gasteiger partial charge on any atom is 0.332 e. The molecule has 4 aromatic rings. The van der Waals surface area contributed by atoms with E-state index in [0.29, 0.717) is 15.1 Å². The van der Waals surface area contributed by atoms with E-state index < -0.39 is 35.7 Å².